The Kier molecular flexibility index (Phi) is 6.30. The normalized spacial score (nSPS) is 16.7. The number of hydrogen-bond donors (Lipinski definition) is 0. The Morgan fingerprint density at radius 1 is 1.21 bits per heavy atom. The first-order chi connectivity index (χ1) is 13.9. The van der Waals surface area contributed by atoms with Crippen molar-refractivity contribution in [3.05, 3.63) is 53.6 Å². The second-order valence-electron chi connectivity index (χ2n) is 7.04. The van der Waals surface area contributed by atoms with Gasteiger partial charge in [0.25, 0.3) is 0 Å². The van der Waals surface area contributed by atoms with Gasteiger partial charge in [-0.25, -0.2) is 8.42 Å². The number of likely N-dealkylation sites (tertiary alicyclic amines) is 1. The van der Waals surface area contributed by atoms with Crippen LogP contribution in [-0.4, -0.2) is 51.0 Å². The molecule has 2 aromatic carbocycles. The second-order valence-corrected chi connectivity index (χ2v) is 8.90. The summed E-state index contributed by atoms with van der Waals surface area (Å²) in [5.74, 6) is 0.695. The van der Waals surface area contributed by atoms with E-state index >= 15 is 0 Å². The fourth-order valence-electron chi connectivity index (χ4n) is 3.58. The molecule has 3 rings (SSSR count). The number of aryl methyl sites for hydroxylation is 1. The zero-order valence-corrected chi connectivity index (χ0v) is 17.6. The summed E-state index contributed by atoms with van der Waals surface area (Å²) >= 11 is 0. The molecule has 1 fully saturated rings. The molecule has 1 saturated heterocycles. The maximum atomic E-state index is 13.7. The molecule has 29 heavy (non-hydrogen) atoms. The number of nitriles is 1. The van der Waals surface area contributed by atoms with Crippen molar-refractivity contribution in [3.8, 4) is 17.7 Å². The maximum Gasteiger partial charge on any atom is 0.247 e. The van der Waals surface area contributed by atoms with Crippen molar-refractivity contribution in [1.29, 1.82) is 5.26 Å². The molecule has 0 aliphatic carbocycles. The Hall–Kier alpha value is -2.76. The van der Waals surface area contributed by atoms with Crippen LogP contribution in [0.5, 0.6) is 11.5 Å². The summed E-state index contributed by atoms with van der Waals surface area (Å²) in [5.41, 5.74) is 1.95. The minimum Gasteiger partial charge on any atom is -0.497 e. The van der Waals surface area contributed by atoms with Crippen molar-refractivity contribution >= 4 is 10.0 Å². The van der Waals surface area contributed by atoms with E-state index in [1.54, 1.807) is 17.0 Å². The summed E-state index contributed by atoms with van der Waals surface area (Å²) in [6.07, 6.45) is 2.71. The monoisotopic (exact) mass is 415 g/mol. The Balaban J connectivity index is 2.06. The molecule has 1 aliphatic rings. The Bertz CT molecular complexity index is 1020. The van der Waals surface area contributed by atoms with Gasteiger partial charge in [-0.2, -0.15) is 9.57 Å². The third-order valence-electron chi connectivity index (χ3n) is 5.09. The van der Waals surface area contributed by atoms with Crippen molar-refractivity contribution < 1.29 is 17.9 Å². The van der Waals surface area contributed by atoms with E-state index in [9.17, 15) is 13.7 Å². The molecule has 0 spiro atoms. The van der Waals surface area contributed by atoms with Crippen molar-refractivity contribution in [2.45, 2.75) is 30.8 Å². The number of methoxy groups -OCH3 is 2. The van der Waals surface area contributed by atoms with Crippen molar-refractivity contribution in [2.24, 2.45) is 0 Å². The molecular formula is C21H25N3O4S. The van der Waals surface area contributed by atoms with Crippen LogP contribution in [0.1, 0.15) is 17.5 Å². The lowest BCUT2D eigenvalue weighted by atomic mass is 10.1. The smallest absolute Gasteiger partial charge is 0.247 e. The van der Waals surface area contributed by atoms with Crippen LogP contribution in [0.2, 0.25) is 0 Å². The lowest BCUT2D eigenvalue weighted by Gasteiger charge is -2.28. The molecule has 2 aromatic rings. The van der Waals surface area contributed by atoms with E-state index in [1.807, 2.05) is 31.2 Å². The van der Waals surface area contributed by atoms with Gasteiger partial charge in [0.1, 0.15) is 16.4 Å². The minimum absolute atomic E-state index is 0.0578. The van der Waals surface area contributed by atoms with E-state index in [1.165, 1.54) is 24.6 Å². The third-order valence-corrected chi connectivity index (χ3v) is 7.01. The summed E-state index contributed by atoms with van der Waals surface area (Å²) in [6, 6.07) is 12.2. The highest BCUT2D eigenvalue weighted by atomic mass is 32.2. The van der Waals surface area contributed by atoms with Crippen LogP contribution in [0.25, 0.3) is 0 Å². The van der Waals surface area contributed by atoms with E-state index in [0.717, 1.165) is 11.1 Å². The second kappa shape index (κ2) is 8.72. The molecule has 154 valence electrons. The lowest BCUT2D eigenvalue weighted by molar-refractivity contribution is 0.311. The first kappa shape index (κ1) is 21.0. The van der Waals surface area contributed by atoms with Crippen LogP contribution < -0.4 is 9.47 Å². The summed E-state index contributed by atoms with van der Waals surface area (Å²) in [7, 11) is -0.977. The molecule has 1 heterocycles. The summed E-state index contributed by atoms with van der Waals surface area (Å²) < 4.78 is 39.5. The highest BCUT2D eigenvalue weighted by molar-refractivity contribution is 7.89. The van der Waals surface area contributed by atoms with Gasteiger partial charge >= 0.3 is 0 Å². The van der Waals surface area contributed by atoms with Gasteiger partial charge in [-0.1, -0.05) is 29.8 Å². The standard InChI is InChI=1S/C21H25N3O4S/c1-16-5-4-6-17(11-16)13-24(18-9-10-23(14-18)15-22)29(25,26)21-12-19(27-2)7-8-20(21)28-3/h4-8,11-12,18H,9-10,13-14H2,1-3H3/t18-/m1/s1. The largest absolute Gasteiger partial charge is 0.497 e. The average molecular weight is 416 g/mol. The average Bonchev–Trinajstić information content (AvgIpc) is 3.20. The van der Waals surface area contributed by atoms with Gasteiger partial charge in [0.05, 0.1) is 14.2 Å². The number of hydrogen-bond acceptors (Lipinski definition) is 6. The molecule has 7 nitrogen and oxygen atoms in total. The van der Waals surface area contributed by atoms with Crippen molar-refractivity contribution in [2.75, 3.05) is 27.3 Å². The molecule has 0 aromatic heterocycles. The quantitative estimate of drug-likeness (QED) is 0.647. The molecule has 1 aliphatic heterocycles. The number of ether oxygens (including phenoxy) is 2. The highest BCUT2D eigenvalue weighted by Crippen LogP contribution is 2.33. The topological polar surface area (TPSA) is 82.9 Å². The zero-order chi connectivity index (χ0) is 21.0. The van der Waals surface area contributed by atoms with Gasteiger partial charge in [-0.15, -0.1) is 0 Å². The first-order valence-corrected chi connectivity index (χ1v) is 10.8. The number of rotatable bonds is 7. The number of sulfonamides is 1. The van der Waals surface area contributed by atoms with Gasteiger partial charge in [-0.05, 0) is 31.0 Å². The van der Waals surface area contributed by atoms with Crippen LogP contribution in [0, 0.1) is 18.4 Å². The molecule has 0 saturated carbocycles. The van der Waals surface area contributed by atoms with Crippen LogP contribution >= 0.6 is 0 Å². The molecular weight excluding hydrogens is 390 g/mol. The molecule has 1 atom stereocenters. The highest BCUT2D eigenvalue weighted by Gasteiger charge is 2.37. The van der Waals surface area contributed by atoms with E-state index in [-0.39, 0.29) is 23.2 Å². The molecule has 0 unspecified atom stereocenters. The van der Waals surface area contributed by atoms with Gasteiger partial charge in [0.15, 0.2) is 6.19 Å². The van der Waals surface area contributed by atoms with Crippen LogP contribution in [0.15, 0.2) is 47.4 Å². The van der Waals surface area contributed by atoms with Gasteiger partial charge in [0.2, 0.25) is 10.0 Å². The maximum absolute atomic E-state index is 13.7. The van der Waals surface area contributed by atoms with Gasteiger partial charge < -0.3 is 14.4 Å². The summed E-state index contributed by atoms with van der Waals surface area (Å²) in [4.78, 5) is 1.65. The number of benzene rings is 2. The predicted octanol–water partition coefficient (Wildman–Crippen LogP) is 2.76. The van der Waals surface area contributed by atoms with Crippen molar-refractivity contribution in [1.82, 2.24) is 9.21 Å². The summed E-state index contributed by atoms with van der Waals surface area (Å²) in [5, 5.41) is 9.23. The van der Waals surface area contributed by atoms with Crippen LogP contribution in [0.4, 0.5) is 0 Å². The van der Waals surface area contributed by atoms with E-state index in [0.29, 0.717) is 25.3 Å². The fraction of sp³-hybridized carbons (Fsp3) is 0.381. The van der Waals surface area contributed by atoms with Crippen LogP contribution in [-0.2, 0) is 16.6 Å². The molecule has 8 heteroatoms. The first-order valence-electron chi connectivity index (χ1n) is 9.33. The van der Waals surface area contributed by atoms with Crippen molar-refractivity contribution in [3.63, 3.8) is 0 Å². The van der Waals surface area contributed by atoms with E-state index in [2.05, 4.69) is 6.19 Å². The molecule has 0 radical (unpaired) electrons. The minimum atomic E-state index is -3.91. The zero-order valence-electron chi connectivity index (χ0n) is 16.8. The third kappa shape index (κ3) is 4.47. The van der Waals surface area contributed by atoms with Crippen LogP contribution in [0.3, 0.4) is 0 Å². The van der Waals surface area contributed by atoms with E-state index < -0.39 is 10.0 Å². The molecule has 0 N–H and O–H groups in total. The Morgan fingerprint density at radius 3 is 2.62 bits per heavy atom. The molecule has 0 bridgehead atoms. The fourth-order valence-corrected chi connectivity index (χ4v) is 5.39. The Morgan fingerprint density at radius 2 is 2.00 bits per heavy atom. The lowest BCUT2D eigenvalue weighted by Crippen LogP contribution is -2.41. The molecule has 0 amide bonds. The SMILES string of the molecule is COc1ccc(OC)c(S(=O)(=O)N(Cc2cccc(C)c2)[C@@H]2CCN(C#N)C2)c1. The van der Waals surface area contributed by atoms with Gasteiger partial charge in [-0.3, -0.25) is 0 Å². The Labute approximate surface area is 172 Å². The number of nitrogens with zero attached hydrogens (tertiary/aromatic N) is 3. The van der Waals surface area contributed by atoms with Gasteiger partial charge in [0, 0.05) is 31.7 Å². The summed E-state index contributed by atoms with van der Waals surface area (Å²) in [6.45, 7) is 3.10. The predicted molar refractivity (Wildman–Crippen MR) is 109 cm³/mol. The van der Waals surface area contributed by atoms with E-state index in [4.69, 9.17) is 9.47 Å².